The van der Waals surface area contributed by atoms with Crippen LogP contribution in [-0.4, -0.2) is 13.2 Å². The van der Waals surface area contributed by atoms with Crippen LogP contribution >= 0.6 is 6.12 Å². The first kappa shape index (κ1) is 17.9. The molecule has 0 radical (unpaired) electrons. The van der Waals surface area contributed by atoms with Crippen molar-refractivity contribution in [3.05, 3.63) is 0 Å². The summed E-state index contributed by atoms with van der Waals surface area (Å²) >= 11 is 10.1. The minimum Gasteiger partial charge on any atom is -0.516 e. The van der Waals surface area contributed by atoms with Gasteiger partial charge in [0, 0.05) is 6.12 Å². The number of hydrogen-bond donors (Lipinski definition) is 0. The van der Waals surface area contributed by atoms with Crippen LogP contribution in [0.3, 0.4) is 0 Å². The van der Waals surface area contributed by atoms with Gasteiger partial charge in [0.15, 0.2) is 0 Å². The molecule has 0 aliphatic carbocycles. The van der Waals surface area contributed by atoms with Crippen LogP contribution in [-0.2, 0) is 50.6 Å². The zero-order chi connectivity index (χ0) is 10.5. The maximum atomic E-state index is 5.36. The first-order valence-corrected chi connectivity index (χ1v) is 8.09. The molecule has 0 aliphatic heterocycles. The topological polar surface area (TPSA) is 18.5 Å². The molecule has 0 atom stereocenters. The molecule has 0 fully saturated rings. The molecule has 0 heterocycles. The van der Waals surface area contributed by atoms with E-state index in [0.717, 1.165) is 0 Å². The normalized spacial score (nSPS) is 12.0. The second kappa shape index (κ2) is 8.69. The molecule has 0 bridgehead atoms. The van der Waals surface area contributed by atoms with Crippen LogP contribution in [0.2, 0.25) is 0 Å². The third kappa shape index (κ3) is 11.6. The summed E-state index contributed by atoms with van der Waals surface area (Å²) in [6.45, 7) is 9.44. The fourth-order valence-corrected chi connectivity index (χ4v) is 2.28. The summed E-state index contributed by atoms with van der Waals surface area (Å²) in [5, 5.41) is 0. The van der Waals surface area contributed by atoms with Crippen LogP contribution in [0.1, 0.15) is 27.7 Å². The van der Waals surface area contributed by atoms with Crippen LogP contribution in [0, 0.1) is 11.8 Å². The van der Waals surface area contributed by atoms with E-state index in [9.17, 15) is 0 Å². The van der Waals surface area contributed by atoms with Crippen LogP contribution in [0.4, 0.5) is 0 Å². The Morgan fingerprint density at radius 1 is 0.929 bits per heavy atom. The van der Waals surface area contributed by atoms with Gasteiger partial charge in [0.05, 0.1) is 13.2 Å². The van der Waals surface area contributed by atoms with Gasteiger partial charge >= 0.3 is 17.1 Å². The monoisotopic (exact) mass is 304 g/mol. The van der Waals surface area contributed by atoms with Crippen molar-refractivity contribution in [2.45, 2.75) is 27.7 Å². The zero-order valence-corrected chi connectivity index (χ0v) is 12.4. The second-order valence-corrected chi connectivity index (χ2v) is 8.81. The summed E-state index contributed by atoms with van der Waals surface area (Å²) in [4.78, 5) is 0. The van der Waals surface area contributed by atoms with Crippen LogP contribution < -0.4 is 0 Å². The fourth-order valence-electron chi connectivity index (χ4n) is 0.518. The molecule has 0 aromatic carbocycles. The van der Waals surface area contributed by atoms with E-state index in [1.54, 1.807) is 0 Å². The SMILES string of the molecule is CC(C)CO[P+]([S-])([S-])OCC(C)C.[Cu+]. The van der Waals surface area contributed by atoms with Crippen LogP contribution in [0.25, 0.3) is 0 Å². The van der Waals surface area contributed by atoms with E-state index in [4.69, 9.17) is 33.5 Å². The molecule has 2 nitrogen and oxygen atoms in total. The predicted molar refractivity (Wildman–Crippen MR) is 63.2 cm³/mol. The Hall–Kier alpha value is 1.57. The molecule has 0 rings (SSSR count). The van der Waals surface area contributed by atoms with Crippen molar-refractivity contribution in [3.63, 3.8) is 0 Å². The van der Waals surface area contributed by atoms with Crippen molar-refractivity contribution in [3.8, 4) is 0 Å². The van der Waals surface area contributed by atoms with Crippen molar-refractivity contribution in [1.82, 2.24) is 0 Å². The molecule has 0 saturated carbocycles. The summed E-state index contributed by atoms with van der Waals surface area (Å²) in [5.74, 6) is 0.904. The van der Waals surface area contributed by atoms with Crippen LogP contribution in [0.5, 0.6) is 0 Å². The molecule has 0 unspecified atom stereocenters. The Labute approximate surface area is 109 Å². The maximum absolute atomic E-state index is 5.36. The van der Waals surface area contributed by atoms with E-state index in [-0.39, 0.29) is 17.1 Å². The minimum absolute atomic E-state index is 0. The van der Waals surface area contributed by atoms with Gasteiger partial charge in [-0.05, 0) is 11.8 Å². The molecule has 0 aliphatic rings. The molecule has 0 aromatic rings. The summed E-state index contributed by atoms with van der Waals surface area (Å²) < 4.78 is 10.7. The number of hydrogen-bond acceptors (Lipinski definition) is 4. The fraction of sp³-hybridized carbons (Fsp3) is 1.00. The van der Waals surface area contributed by atoms with E-state index in [0.29, 0.717) is 25.0 Å². The van der Waals surface area contributed by atoms with E-state index in [2.05, 4.69) is 27.7 Å². The second-order valence-electron chi connectivity index (χ2n) is 3.83. The molecule has 0 amide bonds. The Kier molecular flexibility index (Phi) is 11.1. The average Bonchev–Trinajstić information content (AvgIpc) is 1.98. The van der Waals surface area contributed by atoms with Crippen molar-refractivity contribution in [1.29, 1.82) is 0 Å². The summed E-state index contributed by atoms with van der Waals surface area (Å²) in [6.07, 6.45) is -2.38. The molecule has 0 N–H and O–H groups in total. The Morgan fingerprint density at radius 2 is 1.21 bits per heavy atom. The van der Waals surface area contributed by atoms with E-state index < -0.39 is 6.12 Å². The Bertz CT molecular complexity index is 131. The van der Waals surface area contributed by atoms with Crippen molar-refractivity contribution >= 4 is 30.6 Å². The first-order chi connectivity index (χ1) is 5.83. The van der Waals surface area contributed by atoms with Gasteiger partial charge in [-0.2, -0.15) is 0 Å². The van der Waals surface area contributed by atoms with Gasteiger partial charge in [0.25, 0.3) is 0 Å². The van der Waals surface area contributed by atoms with Crippen molar-refractivity contribution < 1.29 is 26.1 Å². The summed E-state index contributed by atoms with van der Waals surface area (Å²) in [6, 6.07) is 0. The largest absolute Gasteiger partial charge is 1.00 e. The third-order valence-corrected chi connectivity index (χ3v) is 3.33. The third-order valence-electron chi connectivity index (χ3n) is 1.13. The van der Waals surface area contributed by atoms with Crippen LogP contribution in [0.15, 0.2) is 0 Å². The summed E-state index contributed by atoms with van der Waals surface area (Å²) in [7, 11) is 0. The number of rotatable bonds is 6. The first-order valence-electron chi connectivity index (χ1n) is 4.43. The van der Waals surface area contributed by atoms with E-state index >= 15 is 0 Å². The molecule has 0 spiro atoms. The van der Waals surface area contributed by atoms with Gasteiger partial charge in [0.2, 0.25) is 0 Å². The molecule has 6 heteroatoms. The van der Waals surface area contributed by atoms with Gasteiger partial charge < -0.3 is 24.5 Å². The standard InChI is InChI=1S/C8H19O2PS2.Cu/c1-7(2)5-9-11(12,13)10-6-8(3)4;/h7-8H,5-6H2,1-4H3,(H,12,13);/q;+1/p-1. The Balaban J connectivity index is 0. The Morgan fingerprint density at radius 3 is 1.43 bits per heavy atom. The van der Waals surface area contributed by atoms with E-state index in [1.165, 1.54) is 0 Å². The molecule has 0 saturated heterocycles. The smallest absolute Gasteiger partial charge is 0.516 e. The quantitative estimate of drug-likeness (QED) is 0.426. The zero-order valence-electron chi connectivity index (χ0n) is 8.95. The molecule has 90 valence electrons. The van der Waals surface area contributed by atoms with Crippen molar-refractivity contribution in [2.75, 3.05) is 13.2 Å². The van der Waals surface area contributed by atoms with Gasteiger partial charge in [-0.15, -0.1) is 0 Å². The predicted octanol–water partition coefficient (Wildman–Crippen LogP) is 3.10. The van der Waals surface area contributed by atoms with E-state index in [1.807, 2.05) is 0 Å². The average molecular weight is 305 g/mol. The minimum atomic E-state index is -2.38. The van der Waals surface area contributed by atoms with Crippen molar-refractivity contribution in [2.24, 2.45) is 11.8 Å². The van der Waals surface area contributed by atoms with Gasteiger partial charge in [-0.25, -0.2) is 0 Å². The maximum Gasteiger partial charge on any atom is 1.00 e. The van der Waals surface area contributed by atoms with Gasteiger partial charge in [0.1, 0.15) is 0 Å². The molecular formula is C8H18CuO2PS2. The molecular weight excluding hydrogens is 287 g/mol. The molecule has 0 aromatic heterocycles. The van der Waals surface area contributed by atoms with Gasteiger partial charge in [-0.1, -0.05) is 27.7 Å². The van der Waals surface area contributed by atoms with Gasteiger partial charge in [-0.3, -0.25) is 9.05 Å². The summed E-state index contributed by atoms with van der Waals surface area (Å²) in [5.41, 5.74) is 0. The molecule has 14 heavy (non-hydrogen) atoms.